The summed E-state index contributed by atoms with van der Waals surface area (Å²) in [5.74, 6) is 0.454. The Hall–Kier alpha value is -0.920. The molecule has 2 rings (SSSR count). The number of hydrogen-bond donors (Lipinski definition) is 2. The van der Waals surface area contributed by atoms with Gasteiger partial charge in [0, 0.05) is 31.2 Å². The molecule has 0 aromatic carbocycles. The van der Waals surface area contributed by atoms with Gasteiger partial charge in [0.25, 0.3) is 10.0 Å². The SMILES string of the molecule is CC(C)CC(C)N(C)S(=O)(=O)c1[nH]ncc1CNC1CC1. The van der Waals surface area contributed by atoms with Crippen molar-refractivity contribution in [1.29, 1.82) is 0 Å². The van der Waals surface area contributed by atoms with Gasteiger partial charge < -0.3 is 5.32 Å². The maximum Gasteiger partial charge on any atom is 0.260 e. The van der Waals surface area contributed by atoms with Crippen LogP contribution in [0.15, 0.2) is 11.2 Å². The molecule has 1 aromatic heterocycles. The number of aromatic amines is 1. The Morgan fingerprint density at radius 1 is 1.43 bits per heavy atom. The van der Waals surface area contributed by atoms with E-state index in [1.807, 2.05) is 6.92 Å². The molecule has 0 bridgehead atoms. The first-order valence-corrected chi connectivity index (χ1v) is 9.00. The van der Waals surface area contributed by atoms with Crippen LogP contribution in [0.2, 0.25) is 0 Å². The fraction of sp³-hybridized carbons (Fsp3) is 0.786. The normalized spacial score (nSPS) is 17.6. The molecular weight excluding hydrogens is 288 g/mol. The van der Waals surface area contributed by atoms with Gasteiger partial charge in [-0.25, -0.2) is 8.42 Å². The minimum atomic E-state index is -3.52. The van der Waals surface area contributed by atoms with Crippen LogP contribution in [0.3, 0.4) is 0 Å². The highest BCUT2D eigenvalue weighted by Gasteiger charge is 2.30. The van der Waals surface area contributed by atoms with Crippen molar-refractivity contribution in [3.8, 4) is 0 Å². The zero-order valence-electron chi connectivity index (χ0n) is 13.3. The van der Waals surface area contributed by atoms with Crippen molar-refractivity contribution in [3.63, 3.8) is 0 Å². The minimum Gasteiger partial charge on any atom is -0.310 e. The van der Waals surface area contributed by atoms with Crippen molar-refractivity contribution >= 4 is 10.0 Å². The van der Waals surface area contributed by atoms with E-state index in [9.17, 15) is 8.42 Å². The maximum atomic E-state index is 12.7. The number of nitrogens with one attached hydrogen (secondary N) is 2. The minimum absolute atomic E-state index is 0.0393. The Balaban J connectivity index is 2.12. The summed E-state index contributed by atoms with van der Waals surface area (Å²) in [4.78, 5) is 0. The summed E-state index contributed by atoms with van der Waals surface area (Å²) in [6.45, 7) is 6.68. The van der Waals surface area contributed by atoms with Gasteiger partial charge in [0.15, 0.2) is 5.03 Å². The number of nitrogens with zero attached hydrogens (tertiary/aromatic N) is 2. The Morgan fingerprint density at radius 3 is 2.67 bits per heavy atom. The quantitative estimate of drug-likeness (QED) is 0.766. The number of sulfonamides is 1. The fourth-order valence-corrected chi connectivity index (χ4v) is 3.87. The standard InChI is InChI=1S/C14H26N4O2S/c1-10(2)7-11(3)18(4)21(19,20)14-12(9-16-17-14)8-15-13-5-6-13/h9-11,13,15H,5-8H2,1-4H3,(H,16,17). The number of aromatic nitrogens is 2. The molecule has 1 aliphatic carbocycles. The lowest BCUT2D eigenvalue weighted by Crippen LogP contribution is -2.36. The van der Waals surface area contributed by atoms with Gasteiger partial charge in [0.05, 0.1) is 6.20 Å². The van der Waals surface area contributed by atoms with Crippen molar-refractivity contribution in [1.82, 2.24) is 19.8 Å². The largest absolute Gasteiger partial charge is 0.310 e. The molecule has 0 spiro atoms. The number of hydrogen-bond acceptors (Lipinski definition) is 4. The van der Waals surface area contributed by atoms with E-state index in [1.54, 1.807) is 13.2 Å². The predicted molar refractivity (Wildman–Crippen MR) is 82.3 cm³/mol. The molecular formula is C14H26N4O2S. The molecule has 2 N–H and O–H groups in total. The first kappa shape index (κ1) is 16.5. The second-order valence-corrected chi connectivity index (χ2v) is 8.31. The molecule has 0 aliphatic heterocycles. The van der Waals surface area contributed by atoms with Gasteiger partial charge in [-0.3, -0.25) is 5.10 Å². The van der Waals surface area contributed by atoms with Crippen LogP contribution in [-0.4, -0.2) is 42.1 Å². The van der Waals surface area contributed by atoms with E-state index in [0.29, 0.717) is 24.1 Å². The average molecular weight is 314 g/mol. The van der Waals surface area contributed by atoms with Crippen LogP contribution < -0.4 is 5.32 Å². The topological polar surface area (TPSA) is 78.1 Å². The van der Waals surface area contributed by atoms with Crippen LogP contribution in [0.5, 0.6) is 0 Å². The molecule has 1 saturated carbocycles. The molecule has 120 valence electrons. The summed E-state index contributed by atoms with van der Waals surface area (Å²) in [6.07, 6.45) is 4.78. The van der Waals surface area contributed by atoms with E-state index in [2.05, 4.69) is 29.4 Å². The highest BCUT2D eigenvalue weighted by Crippen LogP contribution is 2.23. The smallest absolute Gasteiger partial charge is 0.260 e. The van der Waals surface area contributed by atoms with Gasteiger partial charge in [0.2, 0.25) is 0 Å². The number of H-pyrrole nitrogens is 1. The van der Waals surface area contributed by atoms with Crippen LogP contribution in [0.4, 0.5) is 0 Å². The molecule has 0 saturated heterocycles. The first-order valence-electron chi connectivity index (χ1n) is 7.56. The maximum absolute atomic E-state index is 12.7. The third kappa shape index (κ3) is 4.05. The molecule has 1 aromatic rings. The van der Waals surface area contributed by atoms with Crippen LogP contribution in [0.25, 0.3) is 0 Å². The molecule has 1 unspecified atom stereocenters. The summed E-state index contributed by atoms with van der Waals surface area (Å²) in [5.41, 5.74) is 0.713. The van der Waals surface area contributed by atoms with Gasteiger partial charge in [-0.1, -0.05) is 13.8 Å². The molecule has 0 amide bonds. The van der Waals surface area contributed by atoms with E-state index in [-0.39, 0.29) is 11.1 Å². The van der Waals surface area contributed by atoms with Crippen molar-refractivity contribution < 1.29 is 8.42 Å². The Kier molecular flexibility index (Phi) is 5.06. The van der Waals surface area contributed by atoms with Gasteiger partial charge in [-0.05, 0) is 32.1 Å². The second-order valence-electron chi connectivity index (χ2n) is 6.38. The van der Waals surface area contributed by atoms with E-state index in [1.165, 1.54) is 17.1 Å². The third-order valence-corrected chi connectivity index (χ3v) is 5.89. The lowest BCUT2D eigenvalue weighted by atomic mass is 10.1. The summed E-state index contributed by atoms with van der Waals surface area (Å²) < 4.78 is 26.9. The van der Waals surface area contributed by atoms with E-state index < -0.39 is 10.0 Å². The van der Waals surface area contributed by atoms with Crippen molar-refractivity contribution in [2.75, 3.05) is 7.05 Å². The van der Waals surface area contributed by atoms with Gasteiger partial charge >= 0.3 is 0 Å². The van der Waals surface area contributed by atoms with Gasteiger partial charge in [0.1, 0.15) is 0 Å². The zero-order valence-corrected chi connectivity index (χ0v) is 14.1. The average Bonchev–Trinajstić information content (AvgIpc) is 3.10. The molecule has 21 heavy (non-hydrogen) atoms. The first-order chi connectivity index (χ1) is 9.82. The highest BCUT2D eigenvalue weighted by atomic mass is 32.2. The molecule has 6 nitrogen and oxygen atoms in total. The fourth-order valence-electron chi connectivity index (χ4n) is 2.40. The van der Waals surface area contributed by atoms with Gasteiger partial charge in [-0.2, -0.15) is 9.40 Å². The third-order valence-electron chi connectivity index (χ3n) is 3.91. The number of rotatable bonds is 8. The lowest BCUT2D eigenvalue weighted by molar-refractivity contribution is 0.336. The van der Waals surface area contributed by atoms with Crippen LogP contribution in [0, 0.1) is 5.92 Å². The molecule has 1 heterocycles. The molecule has 0 radical (unpaired) electrons. The summed E-state index contributed by atoms with van der Waals surface area (Å²) in [6, 6.07) is 0.496. The lowest BCUT2D eigenvalue weighted by Gasteiger charge is -2.25. The van der Waals surface area contributed by atoms with Crippen molar-refractivity contribution in [3.05, 3.63) is 11.8 Å². The van der Waals surface area contributed by atoms with Crippen LogP contribution in [0.1, 0.15) is 45.6 Å². The van der Waals surface area contributed by atoms with Gasteiger partial charge in [-0.15, -0.1) is 0 Å². The van der Waals surface area contributed by atoms with Crippen LogP contribution in [-0.2, 0) is 16.6 Å². The molecule has 1 aliphatic rings. The highest BCUT2D eigenvalue weighted by molar-refractivity contribution is 7.89. The Labute approximate surface area is 127 Å². The molecule has 1 fully saturated rings. The van der Waals surface area contributed by atoms with Crippen molar-refractivity contribution in [2.24, 2.45) is 5.92 Å². The molecule has 7 heteroatoms. The zero-order chi connectivity index (χ0) is 15.6. The Bertz CT molecular complexity index is 563. The Morgan fingerprint density at radius 2 is 2.10 bits per heavy atom. The van der Waals surface area contributed by atoms with E-state index in [0.717, 1.165) is 6.42 Å². The summed E-state index contributed by atoms with van der Waals surface area (Å²) in [5, 5.41) is 10.1. The van der Waals surface area contributed by atoms with E-state index >= 15 is 0 Å². The van der Waals surface area contributed by atoms with Crippen LogP contribution >= 0.6 is 0 Å². The van der Waals surface area contributed by atoms with Crippen molar-refractivity contribution in [2.45, 2.75) is 63.7 Å². The summed E-state index contributed by atoms with van der Waals surface area (Å²) >= 11 is 0. The second kappa shape index (κ2) is 6.46. The monoisotopic (exact) mass is 314 g/mol. The molecule has 1 atom stereocenters. The van der Waals surface area contributed by atoms with E-state index in [4.69, 9.17) is 0 Å². The summed E-state index contributed by atoms with van der Waals surface area (Å²) in [7, 11) is -1.88. The predicted octanol–water partition coefficient (Wildman–Crippen LogP) is 1.72.